The highest BCUT2D eigenvalue weighted by molar-refractivity contribution is 7.88. The summed E-state index contributed by atoms with van der Waals surface area (Å²) in [5.41, 5.74) is 1.44. The molecule has 0 aliphatic carbocycles. The molecule has 7 nitrogen and oxygen atoms in total. The second kappa shape index (κ2) is 11.4. The molecule has 0 unspecified atom stereocenters. The zero-order chi connectivity index (χ0) is 23.0. The van der Waals surface area contributed by atoms with Gasteiger partial charge < -0.3 is 14.8 Å². The molecule has 0 spiro atoms. The van der Waals surface area contributed by atoms with Crippen molar-refractivity contribution in [2.75, 3.05) is 26.0 Å². The summed E-state index contributed by atoms with van der Waals surface area (Å²) in [6.07, 6.45) is 1.07. The number of benzene rings is 2. The number of ether oxygens (including phenoxy) is 2. The summed E-state index contributed by atoms with van der Waals surface area (Å²) in [5.74, 6) is 0.811. The zero-order valence-electron chi connectivity index (χ0n) is 18.2. The number of hydrogen-bond acceptors (Lipinski definition) is 5. The fourth-order valence-corrected chi connectivity index (χ4v) is 3.90. The Kier molecular flexibility index (Phi) is 9.15. The van der Waals surface area contributed by atoms with Crippen LogP contribution in [0.4, 0.5) is 0 Å². The second-order valence-electron chi connectivity index (χ2n) is 6.98. The van der Waals surface area contributed by atoms with Gasteiger partial charge in [0.25, 0.3) is 0 Å². The molecule has 9 heteroatoms. The van der Waals surface area contributed by atoms with Crippen molar-refractivity contribution in [3.63, 3.8) is 0 Å². The minimum atomic E-state index is -3.62. The maximum Gasteiger partial charge on any atom is 0.235 e. The van der Waals surface area contributed by atoms with E-state index in [0.717, 1.165) is 16.1 Å². The highest BCUT2D eigenvalue weighted by Crippen LogP contribution is 2.30. The molecular formula is C22H29ClN2O5S. The highest BCUT2D eigenvalue weighted by atomic mass is 35.5. The lowest BCUT2D eigenvalue weighted by Gasteiger charge is -2.22. The number of halogens is 1. The Morgan fingerprint density at radius 2 is 1.74 bits per heavy atom. The number of sulfonamides is 1. The minimum Gasteiger partial charge on any atom is -0.490 e. The minimum absolute atomic E-state index is 0.0118. The van der Waals surface area contributed by atoms with Crippen molar-refractivity contribution < 1.29 is 22.7 Å². The number of amides is 1. The van der Waals surface area contributed by atoms with E-state index >= 15 is 0 Å². The average Bonchev–Trinajstić information content (AvgIpc) is 2.70. The molecule has 2 aromatic rings. The lowest BCUT2D eigenvalue weighted by atomic mass is 10.1. The topological polar surface area (TPSA) is 84.9 Å². The van der Waals surface area contributed by atoms with Gasteiger partial charge in [-0.1, -0.05) is 35.9 Å². The van der Waals surface area contributed by atoms with Crippen LogP contribution in [0.1, 0.15) is 37.9 Å². The second-order valence-corrected chi connectivity index (χ2v) is 9.37. The van der Waals surface area contributed by atoms with Crippen LogP contribution in [0.5, 0.6) is 11.5 Å². The van der Waals surface area contributed by atoms with Crippen molar-refractivity contribution in [1.29, 1.82) is 0 Å². The van der Waals surface area contributed by atoms with Gasteiger partial charge in [0.05, 0.1) is 32.1 Å². The van der Waals surface area contributed by atoms with Gasteiger partial charge in [0.15, 0.2) is 11.5 Å². The number of nitrogens with zero attached hydrogens (tertiary/aromatic N) is 1. The molecule has 1 amide bonds. The van der Waals surface area contributed by atoms with Crippen LogP contribution in [-0.2, 0) is 21.4 Å². The van der Waals surface area contributed by atoms with Crippen molar-refractivity contribution in [3.8, 4) is 11.5 Å². The lowest BCUT2D eigenvalue weighted by molar-refractivity contribution is -0.122. The quantitative estimate of drug-likeness (QED) is 0.542. The van der Waals surface area contributed by atoms with Gasteiger partial charge in [0.2, 0.25) is 15.9 Å². The van der Waals surface area contributed by atoms with Gasteiger partial charge in [0.1, 0.15) is 0 Å². The average molecular weight is 469 g/mol. The van der Waals surface area contributed by atoms with E-state index in [1.807, 2.05) is 32.9 Å². The highest BCUT2D eigenvalue weighted by Gasteiger charge is 2.23. The molecule has 170 valence electrons. The van der Waals surface area contributed by atoms with Crippen molar-refractivity contribution in [3.05, 3.63) is 58.6 Å². The SMILES string of the molecule is CCOc1ccc([C@@H](C)NC(=O)CN(Cc2ccccc2Cl)S(C)(=O)=O)cc1OCC. The summed E-state index contributed by atoms with van der Waals surface area (Å²) in [6, 6.07) is 12.0. The predicted molar refractivity (Wildman–Crippen MR) is 122 cm³/mol. The standard InChI is InChI=1S/C22H29ClN2O5S/c1-5-29-20-12-11-17(13-21(20)30-6-2)16(3)24-22(26)15-25(31(4,27)28)14-18-9-7-8-10-19(18)23/h7-13,16H,5-6,14-15H2,1-4H3,(H,24,26)/t16-/m1/s1. The van der Waals surface area contributed by atoms with Crippen molar-refractivity contribution in [2.24, 2.45) is 0 Å². The van der Waals surface area contributed by atoms with Crippen molar-refractivity contribution >= 4 is 27.5 Å². The molecule has 0 heterocycles. The van der Waals surface area contributed by atoms with E-state index in [1.165, 1.54) is 0 Å². The zero-order valence-corrected chi connectivity index (χ0v) is 19.8. The molecule has 0 aromatic heterocycles. The van der Waals surface area contributed by atoms with Crippen molar-refractivity contribution in [1.82, 2.24) is 9.62 Å². The van der Waals surface area contributed by atoms with E-state index in [9.17, 15) is 13.2 Å². The third-order valence-corrected chi connectivity index (χ3v) is 6.10. The molecule has 0 saturated carbocycles. The Balaban J connectivity index is 2.11. The van der Waals surface area contributed by atoms with Crippen LogP contribution in [0.2, 0.25) is 5.02 Å². The van der Waals surface area contributed by atoms with E-state index < -0.39 is 15.9 Å². The molecule has 2 rings (SSSR count). The van der Waals surface area contributed by atoms with Gasteiger partial charge in [-0.2, -0.15) is 4.31 Å². The van der Waals surface area contributed by atoms with E-state index in [2.05, 4.69) is 5.32 Å². The summed E-state index contributed by atoms with van der Waals surface area (Å²) in [6.45, 7) is 6.28. The summed E-state index contributed by atoms with van der Waals surface area (Å²) in [7, 11) is -3.62. The van der Waals surface area contributed by atoms with Gasteiger partial charge in [-0.3, -0.25) is 4.79 Å². The number of carbonyl (C=O) groups excluding carboxylic acids is 1. The molecular weight excluding hydrogens is 440 g/mol. The van der Waals surface area contributed by atoms with E-state index in [0.29, 0.717) is 35.3 Å². The van der Waals surface area contributed by atoms with Crippen LogP contribution in [-0.4, -0.2) is 44.6 Å². The van der Waals surface area contributed by atoms with Crippen LogP contribution in [0, 0.1) is 0 Å². The van der Waals surface area contributed by atoms with Crippen molar-refractivity contribution in [2.45, 2.75) is 33.4 Å². The molecule has 0 bridgehead atoms. The summed E-state index contributed by atoms with van der Waals surface area (Å²) in [4.78, 5) is 12.6. The maximum atomic E-state index is 12.6. The van der Waals surface area contributed by atoms with Gasteiger partial charge in [-0.25, -0.2) is 8.42 Å². The number of carbonyl (C=O) groups is 1. The molecule has 31 heavy (non-hydrogen) atoms. The molecule has 0 radical (unpaired) electrons. The Hall–Kier alpha value is -2.29. The molecule has 0 aliphatic rings. The first kappa shape index (κ1) is 25.0. The Bertz CT molecular complexity index is 997. The molecule has 0 aliphatic heterocycles. The van der Waals surface area contributed by atoms with Gasteiger partial charge >= 0.3 is 0 Å². The summed E-state index contributed by atoms with van der Waals surface area (Å²) in [5, 5.41) is 3.29. The first-order valence-electron chi connectivity index (χ1n) is 10.0. The molecule has 0 saturated heterocycles. The van der Waals surface area contributed by atoms with Crippen LogP contribution in [0.3, 0.4) is 0 Å². The Morgan fingerprint density at radius 1 is 1.10 bits per heavy atom. The molecule has 0 fully saturated rings. The summed E-state index contributed by atoms with van der Waals surface area (Å²) >= 11 is 6.15. The molecule has 1 N–H and O–H groups in total. The number of rotatable bonds is 11. The summed E-state index contributed by atoms with van der Waals surface area (Å²) < 4.78 is 36.7. The van der Waals surface area contributed by atoms with Crippen LogP contribution < -0.4 is 14.8 Å². The van der Waals surface area contributed by atoms with Gasteiger partial charge in [0, 0.05) is 11.6 Å². The van der Waals surface area contributed by atoms with Gasteiger partial charge in [-0.15, -0.1) is 0 Å². The van der Waals surface area contributed by atoms with Crippen LogP contribution >= 0.6 is 11.6 Å². The largest absolute Gasteiger partial charge is 0.490 e. The first-order chi connectivity index (χ1) is 14.7. The number of hydrogen-bond donors (Lipinski definition) is 1. The molecule has 2 aromatic carbocycles. The van der Waals surface area contributed by atoms with Crippen LogP contribution in [0.15, 0.2) is 42.5 Å². The smallest absolute Gasteiger partial charge is 0.235 e. The van der Waals surface area contributed by atoms with E-state index in [1.54, 1.807) is 30.3 Å². The monoisotopic (exact) mass is 468 g/mol. The normalized spacial score (nSPS) is 12.5. The predicted octanol–water partition coefficient (Wildman–Crippen LogP) is 3.78. The fourth-order valence-electron chi connectivity index (χ4n) is 2.97. The Labute approximate surface area is 189 Å². The van der Waals surface area contributed by atoms with E-state index in [-0.39, 0.29) is 19.1 Å². The lowest BCUT2D eigenvalue weighted by Crippen LogP contribution is -2.40. The Morgan fingerprint density at radius 3 is 2.35 bits per heavy atom. The third-order valence-electron chi connectivity index (χ3n) is 4.54. The maximum absolute atomic E-state index is 12.6. The van der Waals surface area contributed by atoms with Crippen LogP contribution in [0.25, 0.3) is 0 Å². The van der Waals surface area contributed by atoms with Gasteiger partial charge in [-0.05, 0) is 50.1 Å². The fraction of sp³-hybridized carbons (Fsp3) is 0.409. The number of nitrogens with one attached hydrogen (secondary N) is 1. The molecule has 1 atom stereocenters. The van der Waals surface area contributed by atoms with E-state index in [4.69, 9.17) is 21.1 Å². The third kappa shape index (κ3) is 7.41. The first-order valence-corrected chi connectivity index (χ1v) is 12.3.